The van der Waals surface area contributed by atoms with E-state index in [2.05, 4.69) is 48.6 Å². The van der Waals surface area contributed by atoms with Gasteiger partial charge in [-0.15, -0.1) is 0 Å². The number of nitrogens with one attached hydrogen (secondary N) is 1. The molecular formula is C13H19N3. The fourth-order valence-corrected chi connectivity index (χ4v) is 1.93. The average molecular weight is 217 g/mol. The largest absolute Gasteiger partial charge is 0.325 e. The summed E-state index contributed by atoms with van der Waals surface area (Å²) in [6.45, 7) is 4.96. The Bertz CT molecular complexity index is 379. The second kappa shape index (κ2) is 4.66. The van der Waals surface area contributed by atoms with Crippen molar-refractivity contribution in [3.8, 4) is 0 Å². The molecule has 3 heteroatoms. The first kappa shape index (κ1) is 11.1. The van der Waals surface area contributed by atoms with E-state index < -0.39 is 0 Å². The van der Waals surface area contributed by atoms with Gasteiger partial charge in [-0.2, -0.15) is 5.10 Å². The van der Waals surface area contributed by atoms with Gasteiger partial charge < -0.3 is 11.2 Å². The molecule has 0 saturated heterocycles. The Kier molecular flexibility index (Phi) is 3.25. The third-order valence-electron chi connectivity index (χ3n) is 3.06. The van der Waals surface area contributed by atoms with Gasteiger partial charge in [-0.25, -0.2) is 0 Å². The van der Waals surface area contributed by atoms with Crippen LogP contribution in [0.2, 0.25) is 0 Å². The van der Waals surface area contributed by atoms with Crippen LogP contribution in [0.15, 0.2) is 29.4 Å². The van der Waals surface area contributed by atoms with Crippen LogP contribution in [-0.2, 0) is 0 Å². The topological polar surface area (TPSA) is 50.4 Å². The molecule has 2 rings (SSSR count). The van der Waals surface area contributed by atoms with Gasteiger partial charge in [0.2, 0.25) is 0 Å². The Balaban J connectivity index is 2.06. The first-order valence-electron chi connectivity index (χ1n) is 5.81. The summed E-state index contributed by atoms with van der Waals surface area (Å²) in [7, 11) is 0. The lowest BCUT2D eigenvalue weighted by Gasteiger charge is -2.12. The maximum absolute atomic E-state index is 5.57. The average Bonchev–Trinajstić information content (AvgIpc) is 2.77. The number of benzene rings is 1. The van der Waals surface area contributed by atoms with Gasteiger partial charge in [0.1, 0.15) is 0 Å². The highest BCUT2D eigenvalue weighted by molar-refractivity contribution is 5.88. The Hall–Kier alpha value is -1.35. The molecule has 0 spiro atoms. The quantitative estimate of drug-likeness (QED) is 0.815. The predicted molar refractivity (Wildman–Crippen MR) is 67.5 cm³/mol. The van der Waals surface area contributed by atoms with Crippen LogP contribution in [0.5, 0.6) is 0 Å². The number of nitrogens with two attached hydrogens (primary N) is 1. The maximum Gasteiger partial charge on any atom is 0.0742 e. The Morgan fingerprint density at radius 3 is 2.56 bits per heavy atom. The van der Waals surface area contributed by atoms with Gasteiger partial charge in [-0.1, -0.05) is 38.1 Å². The summed E-state index contributed by atoms with van der Waals surface area (Å²) in [5.41, 5.74) is 12.4. The van der Waals surface area contributed by atoms with E-state index in [-0.39, 0.29) is 0 Å². The molecule has 1 aliphatic heterocycles. The van der Waals surface area contributed by atoms with Crippen LogP contribution in [-0.4, -0.2) is 12.3 Å². The van der Waals surface area contributed by atoms with Crippen molar-refractivity contribution in [1.82, 2.24) is 5.43 Å². The van der Waals surface area contributed by atoms with Crippen LogP contribution in [0.1, 0.15) is 43.4 Å². The van der Waals surface area contributed by atoms with Crippen LogP contribution in [0, 0.1) is 0 Å². The van der Waals surface area contributed by atoms with Gasteiger partial charge in [-0.3, -0.25) is 0 Å². The Labute approximate surface area is 96.7 Å². The van der Waals surface area contributed by atoms with Crippen molar-refractivity contribution in [3.05, 3.63) is 35.4 Å². The lowest BCUT2D eigenvalue weighted by atomic mass is 9.97. The van der Waals surface area contributed by atoms with E-state index in [1.165, 1.54) is 11.1 Å². The lowest BCUT2D eigenvalue weighted by Crippen LogP contribution is -2.13. The predicted octanol–water partition coefficient (Wildman–Crippen LogP) is 2.16. The molecule has 1 aliphatic rings. The van der Waals surface area contributed by atoms with E-state index in [9.17, 15) is 0 Å². The molecule has 1 aromatic carbocycles. The highest BCUT2D eigenvalue weighted by Crippen LogP contribution is 2.23. The van der Waals surface area contributed by atoms with Crippen molar-refractivity contribution < 1.29 is 0 Å². The highest BCUT2D eigenvalue weighted by Gasteiger charge is 2.18. The molecule has 0 aliphatic carbocycles. The molecule has 0 amide bonds. The Morgan fingerprint density at radius 1 is 1.38 bits per heavy atom. The summed E-state index contributed by atoms with van der Waals surface area (Å²) in [5.74, 6) is 0.585. The number of nitrogens with zero attached hydrogens (tertiary/aromatic N) is 1. The first-order chi connectivity index (χ1) is 7.70. The van der Waals surface area contributed by atoms with Crippen molar-refractivity contribution in [2.24, 2.45) is 10.8 Å². The summed E-state index contributed by atoms with van der Waals surface area (Å²) in [6.07, 6.45) is 0.928. The number of hydrogen-bond donors (Lipinski definition) is 2. The number of rotatable bonds is 3. The lowest BCUT2D eigenvalue weighted by molar-refractivity contribution is 0.619. The molecule has 0 radical (unpaired) electrons. The molecule has 0 fully saturated rings. The number of hydrogen-bond acceptors (Lipinski definition) is 3. The zero-order valence-corrected chi connectivity index (χ0v) is 9.90. The second-order valence-electron chi connectivity index (χ2n) is 4.59. The van der Waals surface area contributed by atoms with Crippen molar-refractivity contribution in [1.29, 1.82) is 0 Å². The molecule has 16 heavy (non-hydrogen) atoms. The van der Waals surface area contributed by atoms with Crippen molar-refractivity contribution in [2.45, 2.75) is 32.2 Å². The molecular weight excluding hydrogens is 198 g/mol. The van der Waals surface area contributed by atoms with Crippen molar-refractivity contribution in [2.75, 3.05) is 6.54 Å². The van der Waals surface area contributed by atoms with Gasteiger partial charge >= 0.3 is 0 Å². The maximum atomic E-state index is 5.57. The summed E-state index contributed by atoms with van der Waals surface area (Å²) >= 11 is 0. The second-order valence-corrected chi connectivity index (χ2v) is 4.59. The third-order valence-corrected chi connectivity index (χ3v) is 3.06. The minimum absolute atomic E-state index is 0.305. The Morgan fingerprint density at radius 2 is 2.06 bits per heavy atom. The van der Waals surface area contributed by atoms with E-state index >= 15 is 0 Å². The van der Waals surface area contributed by atoms with Gasteiger partial charge in [-0.05, 0) is 17.0 Å². The fraction of sp³-hybridized carbons (Fsp3) is 0.462. The summed E-state index contributed by atoms with van der Waals surface area (Å²) in [5, 5.41) is 4.21. The summed E-state index contributed by atoms with van der Waals surface area (Å²) < 4.78 is 0. The molecule has 1 heterocycles. The van der Waals surface area contributed by atoms with E-state index in [0.717, 1.165) is 12.1 Å². The zero-order chi connectivity index (χ0) is 11.5. The van der Waals surface area contributed by atoms with Gasteiger partial charge in [0.25, 0.3) is 0 Å². The van der Waals surface area contributed by atoms with Crippen LogP contribution >= 0.6 is 0 Å². The molecule has 0 bridgehead atoms. The summed E-state index contributed by atoms with van der Waals surface area (Å²) in [6, 6.07) is 9.06. The molecule has 0 aromatic heterocycles. The van der Waals surface area contributed by atoms with Crippen molar-refractivity contribution in [3.63, 3.8) is 0 Å². The normalized spacial score (nSPS) is 19.8. The molecule has 1 unspecified atom stereocenters. The van der Waals surface area contributed by atoms with Crippen molar-refractivity contribution >= 4 is 5.71 Å². The van der Waals surface area contributed by atoms with E-state index in [1.54, 1.807) is 0 Å². The standard InChI is InChI=1S/C13H19N3/c1-9(2)10-3-5-11(6-4-10)13-7-12(8-14)15-16-13/h3-6,9,13,16H,7-8,14H2,1-2H3. The summed E-state index contributed by atoms with van der Waals surface area (Å²) in [4.78, 5) is 0. The van der Waals surface area contributed by atoms with Gasteiger partial charge in [0.15, 0.2) is 0 Å². The van der Waals surface area contributed by atoms with Gasteiger partial charge in [0.05, 0.1) is 11.8 Å². The minimum Gasteiger partial charge on any atom is -0.325 e. The molecule has 1 atom stereocenters. The smallest absolute Gasteiger partial charge is 0.0742 e. The number of hydrazone groups is 1. The monoisotopic (exact) mass is 217 g/mol. The van der Waals surface area contributed by atoms with E-state index in [0.29, 0.717) is 18.5 Å². The van der Waals surface area contributed by atoms with Crippen LogP contribution in [0.3, 0.4) is 0 Å². The third kappa shape index (κ3) is 2.25. The van der Waals surface area contributed by atoms with Crippen LogP contribution < -0.4 is 11.2 Å². The molecule has 86 valence electrons. The van der Waals surface area contributed by atoms with Gasteiger partial charge in [0, 0.05) is 13.0 Å². The fourth-order valence-electron chi connectivity index (χ4n) is 1.93. The zero-order valence-electron chi connectivity index (χ0n) is 9.90. The molecule has 3 N–H and O–H groups in total. The van der Waals surface area contributed by atoms with Crippen LogP contribution in [0.4, 0.5) is 0 Å². The van der Waals surface area contributed by atoms with E-state index in [1.807, 2.05) is 0 Å². The first-order valence-corrected chi connectivity index (χ1v) is 5.81. The SMILES string of the molecule is CC(C)c1ccc(C2CC(CN)=NN2)cc1. The van der Waals surface area contributed by atoms with Crippen LogP contribution in [0.25, 0.3) is 0 Å². The van der Waals surface area contributed by atoms with E-state index in [4.69, 9.17) is 5.73 Å². The molecule has 1 aromatic rings. The highest BCUT2D eigenvalue weighted by atomic mass is 15.3. The molecule has 3 nitrogen and oxygen atoms in total. The minimum atomic E-state index is 0.305. The molecule has 0 saturated carbocycles.